The van der Waals surface area contributed by atoms with Gasteiger partial charge in [-0.05, 0) is 48.5 Å². The molecule has 0 bridgehead atoms. The van der Waals surface area contributed by atoms with E-state index in [1.165, 1.54) is 67.8 Å². The van der Waals surface area contributed by atoms with Crippen LogP contribution in [-0.4, -0.2) is 32.9 Å². The molecule has 3 aromatic carbocycles. The second kappa shape index (κ2) is 10.2. The number of nitro groups is 1. The lowest BCUT2D eigenvalue weighted by Gasteiger charge is -2.14. The van der Waals surface area contributed by atoms with E-state index in [0.29, 0.717) is 10.7 Å². The number of sulfonamides is 1. The summed E-state index contributed by atoms with van der Waals surface area (Å²) in [4.78, 5) is 22.7. The van der Waals surface area contributed by atoms with Gasteiger partial charge in [-0.2, -0.15) is 0 Å². The molecule has 33 heavy (non-hydrogen) atoms. The molecule has 0 aliphatic carbocycles. The first-order valence-electron chi connectivity index (χ1n) is 9.43. The van der Waals surface area contributed by atoms with Gasteiger partial charge in [0.05, 0.1) is 18.6 Å². The summed E-state index contributed by atoms with van der Waals surface area (Å²) in [5.41, 5.74) is 0.505. The number of hydrogen-bond acceptors (Lipinski definition) is 7. The van der Waals surface area contributed by atoms with Crippen LogP contribution in [0.3, 0.4) is 0 Å². The van der Waals surface area contributed by atoms with Gasteiger partial charge in [-0.25, -0.2) is 8.42 Å². The zero-order valence-corrected chi connectivity index (χ0v) is 18.8. The Kier molecular flexibility index (Phi) is 7.36. The Morgan fingerprint density at radius 1 is 1.06 bits per heavy atom. The first-order chi connectivity index (χ1) is 15.7. The van der Waals surface area contributed by atoms with E-state index < -0.39 is 20.9 Å². The number of carbonyl (C=O) groups is 1. The van der Waals surface area contributed by atoms with Crippen LogP contribution in [0.25, 0.3) is 0 Å². The number of rotatable bonds is 9. The third kappa shape index (κ3) is 6.11. The number of nitro benzene ring substituents is 1. The highest BCUT2D eigenvalue weighted by molar-refractivity contribution is 7.92. The fourth-order valence-electron chi connectivity index (χ4n) is 2.86. The Labute approximate surface area is 194 Å². The fourth-order valence-corrected chi connectivity index (χ4v) is 4.24. The lowest BCUT2D eigenvalue weighted by molar-refractivity contribution is -0.383. The molecule has 0 spiro atoms. The van der Waals surface area contributed by atoms with E-state index in [9.17, 15) is 23.3 Å². The maximum atomic E-state index is 12.9. The summed E-state index contributed by atoms with van der Waals surface area (Å²) < 4.78 is 33.4. The van der Waals surface area contributed by atoms with E-state index >= 15 is 0 Å². The van der Waals surface area contributed by atoms with E-state index in [1.807, 2.05) is 0 Å². The van der Waals surface area contributed by atoms with Crippen LogP contribution in [0.5, 0.6) is 5.75 Å². The Bertz CT molecular complexity index is 1280. The average Bonchev–Trinajstić information content (AvgIpc) is 2.79. The number of hydrogen-bond donors (Lipinski definition) is 3. The number of ether oxygens (including phenoxy) is 1. The normalized spacial score (nSPS) is 10.8. The van der Waals surface area contributed by atoms with Crippen molar-refractivity contribution in [1.82, 2.24) is 0 Å². The molecule has 12 heteroatoms. The van der Waals surface area contributed by atoms with E-state index in [4.69, 9.17) is 16.3 Å². The molecule has 172 valence electrons. The highest BCUT2D eigenvalue weighted by Gasteiger charge is 2.21. The number of para-hydroxylation sites is 2. The van der Waals surface area contributed by atoms with Crippen molar-refractivity contribution in [2.45, 2.75) is 4.90 Å². The SMILES string of the molecule is COc1ccc(NC(=O)CNc2ccccc2[N+](=O)[O-])cc1S(=O)(=O)Nc1ccc(Cl)cc1. The summed E-state index contributed by atoms with van der Waals surface area (Å²) in [7, 11) is -2.73. The first kappa shape index (κ1) is 23.8. The Morgan fingerprint density at radius 2 is 1.73 bits per heavy atom. The Balaban J connectivity index is 1.75. The molecular formula is C21H19ClN4O6S. The van der Waals surface area contributed by atoms with Crippen LogP contribution in [0.4, 0.5) is 22.7 Å². The van der Waals surface area contributed by atoms with Crippen LogP contribution in [0.2, 0.25) is 5.02 Å². The van der Waals surface area contributed by atoms with Gasteiger partial charge in [0.15, 0.2) is 0 Å². The van der Waals surface area contributed by atoms with Gasteiger partial charge < -0.3 is 15.4 Å². The van der Waals surface area contributed by atoms with Crippen LogP contribution in [0.1, 0.15) is 0 Å². The van der Waals surface area contributed by atoms with Crippen LogP contribution >= 0.6 is 11.6 Å². The molecule has 3 aromatic rings. The molecular weight excluding hydrogens is 472 g/mol. The number of amides is 1. The van der Waals surface area contributed by atoms with E-state index in [2.05, 4.69) is 15.4 Å². The number of nitrogens with zero attached hydrogens (tertiary/aromatic N) is 1. The number of carbonyl (C=O) groups excluding carboxylic acids is 1. The van der Waals surface area contributed by atoms with Crippen molar-refractivity contribution in [3.05, 3.63) is 81.9 Å². The van der Waals surface area contributed by atoms with Crippen molar-refractivity contribution in [3.8, 4) is 5.75 Å². The van der Waals surface area contributed by atoms with E-state index in [1.54, 1.807) is 6.07 Å². The molecule has 0 saturated heterocycles. The molecule has 0 radical (unpaired) electrons. The smallest absolute Gasteiger partial charge is 0.292 e. The largest absolute Gasteiger partial charge is 0.495 e. The van der Waals surface area contributed by atoms with Gasteiger partial charge in [0.25, 0.3) is 15.7 Å². The number of nitrogens with one attached hydrogen (secondary N) is 3. The third-order valence-corrected chi connectivity index (χ3v) is 6.03. The number of anilines is 3. The minimum absolute atomic E-state index is 0.0764. The maximum Gasteiger partial charge on any atom is 0.292 e. The van der Waals surface area contributed by atoms with Crippen molar-refractivity contribution < 1.29 is 22.9 Å². The van der Waals surface area contributed by atoms with Gasteiger partial charge >= 0.3 is 0 Å². The minimum Gasteiger partial charge on any atom is -0.495 e. The molecule has 1 amide bonds. The third-order valence-electron chi connectivity index (χ3n) is 4.37. The summed E-state index contributed by atoms with van der Waals surface area (Å²) in [6.07, 6.45) is 0. The zero-order valence-electron chi connectivity index (χ0n) is 17.2. The minimum atomic E-state index is -4.06. The predicted octanol–water partition coefficient (Wildman–Crippen LogP) is 4.11. The summed E-state index contributed by atoms with van der Waals surface area (Å²) in [5, 5.41) is 16.8. The molecule has 3 N–H and O–H groups in total. The molecule has 0 aliphatic rings. The van der Waals surface area contributed by atoms with Gasteiger partial charge in [-0.3, -0.25) is 19.6 Å². The number of methoxy groups -OCH3 is 1. The quantitative estimate of drug-likeness (QED) is 0.303. The predicted molar refractivity (Wildman–Crippen MR) is 125 cm³/mol. The molecule has 0 saturated carbocycles. The van der Waals surface area contributed by atoms with Gasteiger partial charge in [-0.15, -0.1) is 0 Å². The second-order valence-corrected chi connectivity index (χ2v) is 8.74. The highest BCUT2D eigenvalue weighted by Crippen LogP contribution is 2.29. The number of benzene rings is 3. The lowest BCUT2D eigenvalue weighted by atomic mass is 10.2. The molecule has 0 heterocycles. The average molecular weight is 491 g/mol. The van der Waals surface area contributed by atoms with E-state index in [0.717, 1.165) is 0 Å². The van der Waals surface area contributed by atoms with Crippen LogP contribution in [0, 0.1) is 10.1 Å². The highest BCUT2D eigenvalue weighted by atomic mass is 35.5. The van der Waals surface area contributed by atoms with Crippen molar-refractivity contribution in [3.63, 3.8) is 0 Å². The second-order valence-electron chi connectivity index (χ2n) is 6.65. The molecule has 0 aliphatic heterocycles. The van der Waals surface area contributed by atoms with Crippen molar-refractivity contribution in [2.75, 3.05) is 29.0 Å². The summed E-state index contributed by atoms with van der Waals surface area (Å²) in [6.45, 7) is -0.276. The molecule has 0 atom stereocenters. The summed E-state index contributed by atoms with van der Waals surface area (Å²) in [6, 6.07) is 16.1. The first-order valence-corrected chi connectivity index (χ1v) is 11.3. The molecule has 0 aromatic heterocycles. The van der Waals surface area contributed by atoms with Crippen molar-refractivity contribution in [1.29, 1.82) is 0 Å². The Hall–Kier alpha value is -3.83. The zero-order chi connectivity index (χ0) is 24.0. The van der Waals surface area contributed by atoms with Gasteiger partial charge in [0.2, 0.25) is 5.91 Å². The molecule has 10 nitrogen and oxygen atoms in total. The molecule has 3 rings (SSSR count). The van der Waals surface area contributed by atoms with E-state index in [-0.39, 0.29) is 34.3 Å². The molecule has 0 fully saturated rings. The van der Waals surface area contributed by atoms with Gasteiger partial charge in [-0.1, -0.05) is 23.7 Å². The monoisotopic (exact) mass is 490 g/mol. The van der Waals surface area contributed by atoms with Crippen LogP contribution < -0.4 is 20.1 Å². The summed E-state index contributed by atoms with van der Waals surface area (Å²) in [5.74, 6) is -0.458. The van der Waals surface area contributed by atoms with Crippen LogP contribution in [0.15, 0.2) is 71.6 Å². The maximum absolute atomic E-state index is 12.9. The standard InChI is InChI=1S/C21H19ClN4O6S/c1-32-19-11-10-16(12-20(19)33(30,31)25-15-8-6-14(22)7-9-15)24-21(27)13-23-17-4-2-3-5-18(17)26(28)29/h2-12,23,25H,13H2,1H3,(H,24,27). The van der Waals surface area contributed by atoms with Crippen molar-refractivity contribution >= 4 is 50.3 Å². The summed E-state index contributed by atoms with van der Waals surface area (Å²) >= 11 is 5.83. The van der Waals surface area contributed by atoms with Gasteiger partial charge in [0, 0.05) is 22.5 Å². The van der Waals surface area contributed by atoms with Crippen molar-refractivity contribution in [2.24, 2.45) is 0 Å². The number of halogens is 1. The topological polar surface area (TPSA) is 140 Å². The Morgan fingerprint density at radius 3 is 2.39 bits per heavy atom. The fraction of sp³-hybridized carbons (Fsp3) is 0.0952. The molecule has 0 unspecified atom stereocenters. The van der Waals surface area contributed by atoms with Crippen LogP contribution in [-0.2, 0) is 14.8 Å². The lowest BCUT2D eigenvalue weighted by Crippen LogP contribution is -2.22. The van der Waals surface area contributed by atoms with Gasteiger partial charge in [0.1, 0.15) is 16.3 Å².